The van der Waals surface area contributed by atoms with Crippen LogP contribution in [0.25, 0.3) is 0 Å². The third-order valence-corrected chi connectivity index (χ3v) is 2.74. The number of hydrogen-bond acceptors (Lipinski definition) is 3. The number of rotatable bonds is 7. The molecule has 0 saturated carbocycles. The summed E-state index contributed by atoms with van der Waals surface area (Å²) >= 11 is 0. The van der Waals surface area contributed by atoms with E-state index in [0.717, 1.165) is 19.6 Å². The van der Waals surface area contributed by atoms with Crippen LogP contribution in [-0.4, -0.2) is 42.6 Å². The SMILES string of the molecule is CC(C)CN=C(NN)NCCN(C(C)C)C(C)C. The van der Waals surface area contributed by atoms with E-state index in [1.54, 1.807) is 0 Å². The van der Waals surface area contributed by atoms with E-state index in [9.17, 15) is 0 Å². The van der Waals surface area contributed by atoms with E-state index in [4.69, 9.17) is 5.84 Å². The zero-order chi connectivity index (χ0) is 14.1. The first-order valence-corrected chi connectivity index (χ1v) is 6.89. The van der Waals surface area contributed by atoms with E-state index in [1.807, 2.05) is 0 Å². The second-order valence-corrected chi connectivity index (χ2v) is 5.58. The minimum Gasteiger partial charge on any atom is -0.354 e. The van der Waals surface area contributed by atoms with E-state index >= 15 is 0 Å². The summed E-state index contributed by atoms with van der Waals surface area (Å²) in [6, 6.07) is 1.10. The normalized spacial score (nSPS) is 12.9. The third-order valence-electron chi connectivity index (χ3n) is 2.74. The van der Waals surface area contributed by atoms with Crippen LogP contribution < -0.4 is 16.6 Å². The minimum atomic E-state index is 0.540. The molecule has 0 aromatic heterocycles. The molecule has 0 aromatic rings. The van der Waals surface area contributed by atoms with Crippen molar-refractivity contribution in [1.82, 2.24) is 15.6 Å². The fraction of sp³-hybridized carbons (Fsp3) is 0.923. The lowest BCUT2D eigenvalue weighted by Gasteiger charge is -2.30. The van der Waals surface area contributed by atoms with Gasteiger partial charge in [-0.3, -0.25) is 15.3 Å². The van der Waals surface area contributed by atoms with E-state index < -0.39 is 0 Å². The van der Waals surface area contributed by atoms with Crippen LogP contribution in [0.1, 0.15) is 41.5 Å². The molecule has 0 atom stereocenters. The molecule has 0 aliphatic carbocycles. The first-order chi connectivity index (χ1) is 8.38. The molecule has 0 rings (SSSR count). The molecule has 0 aliphatic rings. The second-order valence-electron chi connectivity index (χ2n) is 5.58. The Morgan fingerprint density at radius 3 is 2.06 bits per heavy atom. The number of hydrazine groups is 1. The van der Waals surface area contributed by atoms with Crippen molar-refractivity contribution in [2.24, 2.45) is 16.8 Å². The Bertz CT molecular complexity index is 228. The van der Waals surface area contributed by atoms with Gasteiger partial charge in [0.25, 0.3) is 0 Å². The van der Waals surface area contributed by atoms with E-state index in [-0.39, 0.29) is 0 Å². The number of hydrogen-bond donors (Lipinski definition) is 3. The lowest BCUT2D eigenvalue weighted by Crippen LogP contribution is -2.47. The van der Waals surface area contributed by atoms with Crippen molar-refractivity contribution < 1.29 is 0 Å². The highest BCUT2D eigenvalue weighted by Gasteiger charge is 2.12. The zero-order valence-corrected chi connectivity index (χ0v) is 12.8. The first kappa shape index (κ1) is 17.2. The van der Waals surface area contributed by atoms with E-state index in [1.165, 1.54) is 0 Å². The lowest BCUT2D eigenvalue weighted by atomic mass is 10.2. The van der Waals surface area contributed by atoms with E-state index in [2.05, 4.69) is 62.2 Å². The molecule has 0 bridgehead atoms. The van der Waals surface area contributed by atoms with Crippen LogP contribution in [0.15, 0.2) is 4.99 Å². The van der Waals surface area contributed by atoms with Gasteiger partial charge in [-0.25, -0.2) is 5.84 Å². The van der Waals surface area contributed by atoms with Gasteiger partial charge in [-0.1, -0.05) is 13.8 Å². The highest BCUT2D eigenvalue weighted by atomic mass is 15.3. The Morgan fingerprint density at radius 2 is 1.67 bits per heavy atom. The highest BCUT2D eigenvalue weighted by Crippen LogP contribution is 2.03. The molecule has 0 aromatic carbocycles. The van der Waals surface area contributed by atoms with Crippen LogP contribution in [0.4, 0.5) is 0 Å². The molecule has 0 amide bonds. The van der Waals surface area contributed by atoms with Crippen LogP contribution in [0.5, 0.6) is 0 Å². The van der Waals surface area contributed by atoms with Crippen molar-refractivity contribution in [2.45, 2.75) is 53.6 Å². The largest absolute Gasteiger partial charge is 0.354 e. The van der Waals surface area contributed by atoms with Crippen molar-refractivity contribution in [3.8, 4) is 0 Å². The van der Waals surface area contributed by atoms with Gasteiger partial charge in [-0.2, -0.15) is 0 Å². The topological polar surface area (TPSA) is 65.7 Å². The molecule has 108 valence electrons. The van der Waals surface area contributed by atoms with Gasteiger partial charge in [0.1, 0.15) is 0 Å². The molecule has 5 heteroatoms. The zero-order valence-electron chi connectivity index (χ0n) is 12.8. The summed E-state index contributed by atoms with van der Waals surface area (Å²) in [6.45, 7) is 15.8. The van der Waals surface area contributed by atoms with Gasteiger partial charge in [-0.15, -0.1) is 0 Å². The molecule has 4 N–H and O–H groups in total. The van der Waals surface area contributed by atoms with Gasteiger partial charge in [0.2, 0.25) is 5.96 Å². The second kappa shape index (κ2) is 9.16. The van der Waals surface area contributed by atoms with Gasteiger partial charge in [0, 0.05) is 31.7 Å². The summed E-state index contributed by atoms with van der Waals surface area (Å²) in [5, 5.41) is 3.24. The summed E-state index contributed by atoms with van der Waals surface area (Å²) in [5.41, 5.74) is 2.61. The quantitative estimate of drug-likeness (QED) is 0.277. The third kappa shape index (κ3) is 7.50. The maximum Gasteiger partial charge on any atom is 0.205 e. The van der Waals surface area contributed by atoms with Gasteiger partial charge < -0.3 is 5.32 Å². The van der Waals surface area contributed by atoms with Crippen molar-refractivity contribution in [1.29, 1.82) is 0 Å². The number of nitrogens with zero attached hydrogens (tertiary/aromatic N) is 2. The molecular formula is C13H31N5. The minimum absolute atomic E-state index is 0.540. The maximum atomic E-state index is 5.44. The van der Waals surface area contributed by atoms with Gasteiger partial charge in [0.15, 0.2) is 0 Å². The lowest BCUT2D eigenvalue weighted by molar-refractivity contribution is 0.178. The fourth-order valence-corrected chi connectivity index (χ4v) is 1.84. The Hall–Kier alpha value is -0.810. The average Bonchev–Trinajstić information content (AvgIpc) is 2.26. The van der Waals surface area contributed by atoms with Gasteiger partial charge in [0.05, 0.1) is 0 Å². The Kier molecular flexibility index (Phi) is 8.75. The number of guanidine groups is 1. The van der Waals surface area contributed by atoms with Crippen LogP contribution in [0.2, 0.25) is 0 Å². The Balaban J connectivity index is 4.09. The van der Waals surface area contributed by atoms with E-state index in [0.29, 0.717) is 24.0 Å². The van der Waals surface area contributed by atoms with Crippen LogP contribution in [0, 0.1) is 5.92 Å². The fourth-order valence-electron chi connectivity index (χ4n) is 1.84. The van der Waals surface area contributed by atoms with Gasteiger partial charge >= 0.3 is 0 Å². The molecule has 0 fully saturated rings. The number of aliphatic imine (C=N–C) groups is 1. The number of nitrogens with one attached hydrogen (secondary N) is 2. The molecule has 0 saturated heterocycles. The molecular weight excluding hydrogens is 226 g/mol. The Labute approximate surface area is 112 Å². The molecule has 5 nitrogen and oxygen atoms in total. The highest BCUT2D eigenvalue weighted by molar-refractivity contribution is 5.79. The summed E-state index contributed by atoms with van der Waals surface area (Å²) < 4.78 is 0. The first-order valence-electron chi connectivity index (χ1n) is 6.89. The summed E-state index contributed by atoms with van der Waals surface area (Å²) in [6.07, 6.45) is 0. The van der Waals surface area contributed by atoms with Crippen LogP contribution in [0.3, 0.4) is 0 Å². The monoisotopic (exact) mass is 257 g/mol. The van der Waals surface area contributed by atoms with Crippen molar-refractivity contribution in [3.05, 3.63) is 0 Å². The van der Waals surface area contributed by atoms with Crippen molar-refractivity contribution in [2.75, 3.05) is 19.6 Å². The molecule has 0 spiro atoms. The molecule has 0 radical (unpaired) electrons. The maximum absolute atomic E-state index is 5.44. The van der Waals surface area contributed by atoms with Gasteiger partial charge in [-0.05, 0) is 33.6 Å². The van der Waals surface area contributed by atoms with Crippen LogP contribution >= 0.6 is 0 Å². The molecule has 0 aliphatic heterocycles. The molecule has 0 heterocycles. The predicted molar refractivity (Wildman–Crippen MR) is 79.4 cm³/mol. The summed E-state index contributed by atoms with van der Waals surface area (Å²) in [7, 11) is 0. The number of nitrogens with two attached hydrogens (primary N) is 1. The van der Waals surface area contributed by atoms with Crippen LogP contribution in [-0.2, 0) is 0 Å². The van der Waals surface area contributed by atoms with Crippen molar-refractivity contribution in [3.63, 3.8) is 0 Å². The summed E-state index contributed by atoms with van der Waals surface area (Å²) in [4.78, 5) is 6.81. The smallest absolute Gasteiger partial charge is 0.205 e. The average molecular weight is 257 g/mol. The summed E-state index contributed by atoms with van der Waals surface area (Å²) in [5.74, 6) is 6.66. The molecule has 18 heavy (non-hydrogen) atoms. The Morgan fingerprint density at radius 1 is 1.11 bits per heavy atom. The molecule has 0 unspecified atom stereocenters. The standard InChI is InChI=1S/C13H31N5/c1-10(2)9-16-13(17-14)15-7-8-18(11(3)4)12(5)6/h10-12H,7-9,14H2,1-6H3,(H2,15,16,17). The van der Waals surface area contributed by atoms with Crippen molar-refractivity contribution >= 4 is 5.96 Å². The predicted octanol–water partition coefficient (Wildman–Crippen LogP) is 1.17.